The van der Waals surface area contributed by atoms with E-state index >= 15 is 0 Å². The van der Waals surface area contributed by atoms with Crippen LogP contribution < -0.4 is 20.1 Å². The number of anilines is 1. The highest BCUT2D eigenvalue weighted by atomic mass is 32.1. The van der Waals surface area contributed by atoms with E-state index in [1.54, 1.807) is 13.3 Å². The van der Waals surface area contributed by atoms with Gasteiger partial charge in [0.05, 0.1) is 13.2 Å². The molecular weight excluding hydrogens is 310 g/mol. The number of hydrogen-bond acceptors (Lipinski definition) is 4. The molecule has 1 atom stereocenters. The average Bonchev–Trinajstić information content (AvgIpc) is 2.53. The summed E-state index contributed by atoms with van der Waals surface area (Å²) in [5.41, 5.74) is 1.13. The molecule has 23 heavy (non-hydrogen) atoms. The van der Waals surface area contributed by atoms with E-state index in [0.717, 1.165) is 22.9 Å². The van der Waals surface area contributed by atoms with Gasteiger partial charge in [-0.25, -0.2) is 4.98 Å². The van der Waals surface area contributed by atoms with Gasteiger partial charge in [0.1, 0.15) is 23.9 Å². The Hall–Kier alpha value is -2.34. The number of benzene rings is 1. The van der Waals surface area contributed by atoms with Crippen molar-refractivity contribution in [3.63, 3.8) is 0 Å². The summed E-state index contributed by atoms with van der Waals surface area (Å²) in [6.45, 7) is 4.51. The molecule has 2 N–H and O–H groups in total. The second-order valence-electron chi connectivity index (χ2n) is 5.20. The normalized spacial score (nSPS) is 11.4. The molecule has 1 aromatic carbocycles. The Kier molecular flexibility index (Phi) is 6.17. The van der Waals surface area contributed by atoms with Gasteiger partial charge in [-0.05, 0) is 68.0 Å². The second-order valence-corrected chi connectivity index (χ2v) is 5.61. The summed E-state index contributed by atoms with van der Waals surface area (Å²) in [4.78, 5) is 4.22. The van der Waals surface area contributed by atoms with Crippen LogP contribution in [-0.4, -0.2) is 29.9 Å². The van der Waals surface area contributed by atoms with Crippen molar-refractivity contribution in [1.82, 2.24) is 10.3 Å². The first kappa shape index (κ1) is 17.0. The summed E-state index contributed by atoms with van der Waals surface area (Å²) in [7, 11) is 1.64. The molecule has 1 aromatic heterocycles. The van der Waals surface area contributed by atoms with Crippen molar-refractivity contribution in [3.05, 3.63) is 48.2 Å². The van der Waals surface area contributed by atoms with E-state index in [2.05, 4.69) is 15.6 Å². The van der Waals surface area contributed by atoms with Crippen LogP contribution in [0.3, 0.4) is 0 Å². The fraction of sp³-hybridized carbons (Fsp3) is 0.294. The van der Waals surface area contributed by atoms with Crippen molar-refractivity contribution < 1.29 is 9.47 Å². The van der Waals surface area contributed by atoms with Crippen LogP contribution in [0, 0.1) is 6.92 Å². The van der Waals surface area contributed by atoms with Gasteiger partial charge in [-0.2, -0.15) is 0 Å². The highest BCUT2D eigenvalue weighted by Gasteiger charge is 2.06. The third kappa shape index (κ3) is 5.75. The molecule has 0 unspecified atom stereocenters. The molecule has 0 aliphatic rings. The molecule has 0 aliphatic heterocycles. The molecule has 0 amide bonds. The fourth-order valence-corrected chi connectivity index (χ4v) is 2.22. The molecular formula is C17H21N3O2S. The largest absolute Gasteiger partial charge is 0.497 e. The smallest absolute Gasteiger partial charge is 0.172 e. The second kappa shape index (κ2) is 8.33. The maximum atomic E-state index is 5.72. The van der Waals surface area contributed by atoms with Crippen LogP contribution in [0.1, 0.15) is 12.5 Å². The molecule has 0 aliphatic carbocycles. The molecule has 2 aromatic rings. The first-order valence-corrected chi connectivity index (χ1v) is 7.74. The molecule has 6 heteroatoms. The van der Waals surface area contributed by atoms with Gasteiger partial charge >= 0.3 is 0 Å². The summed E-state index contributed by atoms with van der Waals surface area (Å²) in [6, 6.07) is 11.4. The van der Waals surface area contributed by atoms with E-state index < -0.39 is 0 Å². The van der Waals surface area contributed by atoms with E-state index in [1.165, 1.54) is 0 Å². The van der Waals surface area contributed by atoms with Crippen LogP contribution in [0.4, 0.5) is 5.82 Å². The summed E-state index contributed by atoms with van der Waals surface area (Å²) in [5, 5.41) is 6.76. The van der Waals surface area contributed by atoms with Crippen LogP contribution in [0.15, 0.2) is 42.6 Å². The molecule has 0 radical (unpaired) electrons. The molecule has 0 bridgehead atoms. The van der Waals surface area contributed by atoms with Crippen LogP contribution in [0.5, 0.6) is 11.5 Å². The lowest BCUT2D eigenvalue weighted by molar-refractivity contribution is 0.286. The number of aryl methyl sites for hydroxylation is 1. The third-order valence-corrected chi connectivity index (χ3v) is 3.31. The Labute approximate surface area is 142 Å². The van der Waals surface area contributed by atoms with Crippen LogP contribution >= 0.6 is 12.2 Å². The Morgan fingerprint density at radius 1 is 1.22 bits per heavy atom. The van der Waals surface area contributed by atoms with E-state index in [4.69, 9.17) is 21.7 Å². The van der Waals surface area contributed by atoms with Gasteiger partial charge < -0.3 is 20.1 Å². The summed E-state index contributed by atoms with van der Waals surface area (Å²) in [5.74, 6) is 2.32. The first-order chi connectivity index (χ1) is 11.1. The van der Waals surface area contributed by atoms with Gasteiger partial charge in [0.15, 0.2) is 5.11 Å². The van der Waals surface area contributed by atoms with Crippen molar-refractivity contribution in [1.29, 1.82) is 0 Å². The van der Waals surface area contributed by atoms with Crippen LogP contribution in [0.25, 0.3) is 0 Å². The molecule has 0 spiro atoms. The average molecular weight is 331 g/mol. The number of methoxy groups -OCH3 is 1. The molecule has 1 heterocycles. The van der Waals surface area contributed by atoms with Gasteiger partial charge in [0.2, 0.25) is 0 Å². The van der Waals surface area contributed by atoms with Crippen molar-refractivity contribution in [3.8, 4) is 11.5 Å². The summed E-state index contributed by atoms with van der Waals surface area (Å²) in [6.07, 6.45) is 1.75. The maximum Gasteiger partial charge on any atom is 0.172 e. The Bertz CT molecular complexity index is 647. The van der Waals surface area contributed by atoms with Gasteiger partial charge in [0, 0.05) is 6.20 Å². The zero-order valence-electron chi connectivity index (χ0n) is 13.5. The number of nitrogens with one attached hydrogen (secondary N) is 2. The third-order valence-electron chi connectivity index (χ3n) is 3.09. The Morgan fingerprint density at radius 2 is 1.91 bits per heavy atom. The molecule has 2 rings (SSSR count). The van der Waals surface area contributed by atoms with E-state index in [-0.39, 0.29) is 6.04 Å². The van der Waals surface area contributed by atoms with Crippen molar-refractivity contribution >= 4 is 23.1 Å². The Morgan fingerprint density at radius 3 is 2.57 bits per heavy atom. The maximum absolute atomic E-state index is 5.72. The zero-order chi connectivity index (χ0) is 16.7. The topological polar surface area (TPSA) is 55.4 Å². The summed E-state index contributed by atoms with van der Waals surface area (Å²) < 4.78 is 10.8. The van der Waals surface area contributed by atoms with Crippen molar-refractivity contribution in [2.75, 3.05) is 19.0 Å². The molecule has 0 saturated heterocycles. The van der Waals surface area contributed by atoms with Crippen molar-refractivity contribution in [2.45, 2.75) is 19.9 Å². The van der Waals surface area contributed by atoms with Crippen molar-refractivity contribution in [2.24, 2.45) is 0 Å². The molecule has 122 valence electrons. The van der Waals surface area contributed by atoms with Crippen LogP contribution in [0.2, 0.25) is 0 Å². The standard InChI is InChI=1S/C17H21N3O2S/c1-12-8-9-18-16(10-12)20-17(23)19-13(2)11-22-15-6-4-14(21-3)5-7-15/h4-10,13H,11H2,1-3H3,(H2,18,19,20,23)/t13-/m0/s1. The number of thiocarbonyl (C=S) groups is 1. The lowest BCUT2D eigenvalue weighted by atomic mass is 10.3. The first-order valence-electron chi connectivity index (χ1n) is 7.34. The number of pyridine rings is 1. The molecule has 5 nitrogen and oxygen atoms in total. The minimum atomic E-state index is 0.0573. The number of ether oxygens (including phenoxy) is 2. The minimum Gasteiger partial charge on any atom is -0.497 e. The number of hydrogen-bond donors (Lipinski definition) is 2. The number of aromatic nitrogens is 1. The quantitative estimate of drug-likeness (QED) is 0.793. The molecule has 0 fully saturated rings. The lowest BCUT2D eigenvalue weighted by Crippen LogP contribution is -2.39. The number of rotatable bonds is 6. The van der Waals surface area contributed by atoms with E-state index in [9.17, 15) is 0 Å². The highest BCUT2D eigenvalue weighted by Crippen LogP contribution is 2.17. The lowest BCUT2D eigenvalue weighted by Gasteiger charge is -2.17. The fourth-order valence-electron chi connectivity index (χ4n) is 1.92. The van der Waals surface area contributed by atoms with Gasteiger partial charge in [0.25, 0.3) is 0 Å². The highest BCUT2D eigenvalue weighted by molar-refractivity contribution is 7.80. The number of nitrogens with zero attached hydrogens (tertiary/aromatic N) is 1. The molecule has 0 saturated carbocycles. The SMILES string of the molecule is COc1ccc(OC[C@H](C)NC(=S)Nc2cc(C)ccn2)cc1. The van der Waals surface area contributed by atoms with E-state index in [1.807, 2.05) is 50.2 Å². The zero-order valence-corrected chi connectivity index (χ0v) is 14.3. The summed E-state index contributed by atoms with van der Waals surface area (Å²) >= 11 is 5.28. The minimum absolute atomic E-state index is 0.0573. The van der Waals surface area contributed by atoms with Gasteiger partial charge in [-0.3, -0.25) is 0 Å². The predicted molar refractivity (Wildman–Crippen MR) is 96.3 cm³/mol. The monoisotopic (exact) mass is 331 g/mol. The Balaban J connectivity index is 1.77. The van der Waals surface area contributed by atoms with Crippen LogP contribution in [-0.2, 0) is 0 Å². The van der Waals surface area contributed by atoms with E-state index in [0.29, 0.717) is 11.7 Å². The van der Waals surface area contributed by atoms with Gasteiger partial charge in [-0.1, -0.05) is 0 Å². The van der Waals surface area contributed by atoms with Gasteiger partial charge in [-0.15, -0.1) is 0 Å². The predicted octanol–water partition coefficient (Wildman–Crippen LogP) is 3.15.